The fourth-order valence-electron chi connectivity index (χ4n) is 1.74. The van der Waals surface area contributed by atoms with Crippen molar-refractivity contribution in [1.82, 2.24) is 20.4 Å². The molecular weight excluding hydrogens is 311 g/mol. The normalized spacial score (nSPS) is 10.0. The van der Waals surface area contributed by atoms with Crippen LogP contribution in [0.15, 0.2) is 36.7 Å². The van der Waals surface area contributed by atoms with E-state index >= 15 is 0 Å². The van der Waals surface area contributed by atoms with E-state index < -0.39 is 0 Å². The van der Waals surface area contributed by atoms with Crippen molar-refractivity contribution in [3.63, 3.8) is 0 Å². The molecule has 0 saturated heterocycles. The molecular formula is C14H18Cl2N4O. The Morgan fingerprint density at radius 3 is 2.90 bits per heavy atom. The lowest BCUT2D eigenvalue weighted by molar-refractivity contribution is 0.0954. The summed E-state index contributed by atoms with van der Waals surface area (Å²) in [4.78, 5) is 11.9. The van der Waals surface area contributed by atoms with E-state index in [1.54, 1.807) is 29.2 Å². The summed E-state index contributed by atoms with van der Waals surface area (Å²) >= 11 is 5.93. The SMILES string of the molecule is CCNCCNC(=O)c1cnn(-c2cccc(Cl)c2)c1.Cl. The molecule has 0 fully saturated rings. The highest BCUT2D eigenvalue weighted by Gasteiger charge is 2.08. The molecule has 5 nitrogen and oxygen atoms in total. The molecule has 2 aromatic rings. The molecule has 114 valence electrons. The molecule has 2 rings (SSSR count). The number of hydrogen-bond donors (Lipinski definition) is 2. The minimum atomic E-state index is -0.129. The van der Waals surface area contributed by atoms with E-state index in [2.05, 4.69) is 15.7 Å². The van der Waals surface area contributed by atoms with Crippen LogP contribution in [0.5, 0.6) is 0 Å². The van der Waals surface area contributed by atoms with Crippen LogP contribution in [0.25, 0.3) is 5.69 Å². The fraction of sp³-hybridized carbons (Fsp3) is 0.286. The third-order valence-electron chi connectivity index (χ3n) is 2.75. The van der Waals surface area contributed by atoms with Crippen molar-refractivity contribution in [2.45, 2.75) is 6.92 Å². The minimum Gasteiger partial charge on any atom is -0.351 e. The Hall–Kier alpha value is -1.56. The van der Waals surface area contributed by atoms with Crippen LogP contribution in [0.2, 0.25) is 5.02 Å². The molecule has 0 bridgehead atoms. The lowest BCUT2D eigenvalue weighted by Crippen LogP contribution is -2.31. The highest BCUT2D eigenvalue weighted by Crippen LogP contribution is 2.14. The van der Waals surface area contributed by atoms with Crippen molar-refractivity contribution in [2.75, 3.05) is 19.6 Å². The average Bonchev–Trinajstić information content (AvgIpc) is 2.93. The van der Waals surface area contributed by atoms with Crippen LogP contribution in [0.3, 0.4) is 0 Å². The lowest BCUT2D eigenvalue weighted by Gasteiger charge is -2.03. The summed E-state index contributed by atoms with van der Waals surface area (Å²) in [5.41, 5.74) is 1.35. The summed E-state index contributed by atoms with van der Waals surface area (Å²) in [7, 11) is 0. The van der Waals surface area contributed by atoms with Crippen LogP contribution < -0.4 is 10.6 Å². The first-order chi connectivity index (χ1) is 9.70. The minimum absolute atomic E-state index is 0. The van der Waals surface area contributed by atoms with Crippen LogP contribution in [-0.2, 0) is 0 Å². The van der Waals surface area contributed by atoms with Crippen molar-refractivity contribution in [2.24, 2.45) is 0 Å². The molecule has 1 heterocycles. The second-order valence-electron chi connectivity index (χ2n) is 4.26. The van der Waals surface area contributed by atoms with Gasteiger partial charge in [-0.1, -0.05) is 24.6 Å². The number of rotatable bonds is 6. The Morgan fingerprint density at radius 1 is 1.38 bits per heavy atom. The molecule has 21 heavy (non-hydrogen) atoms. The number of halogens is 2. The predicted octanol–water partition coefficient (Wildman–Crippen LogP) is 2.29. The number of carbonyl (C=O) groups excluding carboxylic acids is 1. The standard InChI is InChI=1S/C14H17ClN4O.ClH/c1-2-16-6-7-17-14(20)11-9-18-19(10-11)13-5-3-4-12(15)8-13;/h3-5,8-10,16H,2,6-7H2,1H3,(H,17,20);1H. The molecule has 0 aliphatic carbocycles. The number of carbonyl (C=O) groups is 1. The third-order valence-corrected chi connectivity index (χ3v) is 2.99. The summed E-state index contributed by atoms with van der Waals surface area (Å²) in [5.74, 6) is -0.129. The van der Waals surface area contributed by atoms with Gasteiger partial charge in [-0.05, 0) is 24.7 Å². The zero-order valence-electron chi connectivity index (χ0n) is 11.7. The number of likely N-dealkylation sites (N-methyl/N-ethyl adjacent to an activating group) is 1. The van der Waals surface area contributed by atoms with E-state index in [0.717, 1.165) is 18.8 Å². The monoisotopic (exact) mass is 328 g/mol. The Bertz CT molecular complexity index is 586. The van der Waals surface area contributed by atoms with Gasteiger partial charge >= 0.3 is 0 Å². The zero-order chi connectivity index (χ0) is 14.4. The number of aromatic nitrogens is 2. The van der Waals surface area contributed by atoms with Crippen molar-refractivity contribution >= 4 is 29.9 Å². The fourth-order valence-corrected chi connectivity index (χ4v) is 1.93. The third kappa shape index (κ3) is 5.04. The predicted molar refractivity (Wildman–Crippen MR) is 86.7 cm³/mol. The number of nitrogens with zero attached hydrogens (tertiary/aromatic N) is 2. The van der Waals surface area contributed by atoms with Crippen LogP contribution in [-0.4, -0.2) is 35.3 Å². The number of benzene rings is 1. The zero-order valence-corrected chi connectivity index (χ0v) is 13.2. The summed E-state index contributed by atoms with van der Waals surface area (Å²) in [6, 6.07) is 7.31. The highest BCUT2D eigenvalue weighted by molar-refractivity contribution is 6.30. The van der Waals surface area contributed by atoms with E-state index in [-0.39, 0.29) is 18.3 Å². The van der Waals surface area contributed by atoms with Crippen LogP contribution in [0, 0.1) is 0 Å². The quantitative estimate of drug-likeness (QED) is 0.800. The molecule has 0 radical (unpaired) electrons. The van der Waals surface area contributed by atoms with Gasteiger partial charge in [-0.2, -0.15) is 5.10 Å². The van der Waals surface area contributed by atoms with Gasteiger partial charge in [-0.15, -0.1) is 12.4 Å². The Labute approximate surface area is 135 Å². The van der Waals surface area contributed by atoms with Crippen molar-refractivity contribution < 1.29 is 4.79 Å². The van der Waals surface area contributed by atoms with E-state index in [1.165, 1.54) is 0 Å². The largest absolute Gasteiger partial charge is 0.351 e. The van der Waals surface area contributed by atoms with E-state index in [4.69, 9.17) is 11.6 Å². The van der Waals surface area contributed by atoms with E-state index in [9.17, 15) is 4.79 Å². The maximum absolute atomic E-state index is 11.9. The molecule has 7 heteroatoms. The summed E-state index contributed by atoms with van der Waals surface area (Å²) in [6.45, 7) is 4.26. The topological polar surface area (TPSA) is 58.9 Å². The number of amides is 1. The van der Waals surface area contributed by atoms with E-state index in [0.29, 0.717) is 17.1 Å². The molecule has 1 aromatic carbocycles. The Kier molecular flexibility index (Phi) is 7.22. The van der Waals surface area contributed by atoms with E-state index in [1.807, 2.05) is 19.1 Å². The van der Waals surface area contributed by atoms with Crippen molar-refractivity contribution in [1.29, 1.82) is 0 Å². The second-order valence-corrected chi connectivity index (χ2v) is 4.70. The van der Waals surface area contributed by atoms with Gasteiger partial charge in [0.1, 0.15) is 0 Å². The highest BCUT2D eigenvalue weighted by atomic mass is 35.5. The second kappa shape index (κ2) is 8.67. The first kappa shape index (κ1) is 17.5. The van der Waals surface area contributed by atoms with Gasteiger partial charge in [-0.25, -0.2) is 4.68 Å². The van der Waals surface area contributed by atoms with Gasteiger partial charge < -0.3 is 10.6 Å². The van der Waals surface area contributed by atoms with Gasteiger partial charge in [-0.3, -0.25) is 4.79 Å². The smallest absolute Gasteiger partial charge is 0.254 e. The maximum atomic E-state index is 11.9. The molecule has 1 amide bonds. The van der Waals surface area contributed by atoms with Crippen LogP contribution in [0.4, 0.5) is 0 Å². The van der Waals surface area contributed by atoms with Gasteiger partial charge in [0.15, 0.2) is 0 Å². The van der Waals surface area contributed by atoms with Crippen LogP contribution in [0.1, 0.15) is 17.3 Å². The summed E-state index contributed by atoms with van der Waals surface area (Å²) < 4.78 is 1.63. The molecule has 0 saturated carbocycles. The Morgan fingerprint density at radius 2 is 2.19 bits per heavy atom. The summed E-state index contributed by atoms with van der Waals surface area (Å²) in [5, 5.41) is 10.8. The molecule has 0 aliphatic rings. The molecule has 0 atom stereocenters. The first-order valence-corrected chi connectivity index (χ1v) is 6.88. The Balaban J connectivity index is 0.00000220. The van der Waals surface area contributed by atoms with Gasteiger partial charge in [0, 0.05) is 24.3 Å². The first-order valence-electron chi connectivity index (χ1n) is 6.50. The molecule has 0 spiro atoms. The molecule has 2 N–H and O–H groups in total. The molecule has 0 aliphatic heterocycles. The van der Waals surface area contributed by atoms with Gasteiger partial charge in [0.05, 0.1) is 17.4 Å². The number of hydrogen-bond acceptors (Lipinski definition) is 3. The van der Waals surface area contributed by atoms with Crippen molar-refractivity contribution in [3.8, 4) is 5.69 Å². The summed E-state index contributed by atoms with van der Waals surface area (Å²) in [6.07, 6.45) is 3.23. The maximum Gasteiger partial charge on any atom is 0.254 e. The number of nitrogens with one attached hydrogen (secondary N) is 2. The van der Waals surface area contributed by atoms with Gasteiger partial charge in [0.25, 0.3) is 5.91 Å². The lowest BCUT2D eigenvalue weighted by atomic mass is 10.3. The molecule has 0 unspecified atom stereocenters. The van der Waals surface area contributed by atoms with Crippen LogP contribution >= 0.6 is 24.0 Å². The average molecular weight is 329 g/mol. The molecule has 1 aromatic heterocycles. The van der Waals surface area contributed by atoms with Crippen molar-refractivity contribution in [3.05, 3.63) is 47.2 Å². The van der Waals surface area contributed by atoms with Gasteiger partial charge in [0.2, 0.25) is 0 Å².